The third-order valence-electron chi connectivity index (χ3n) is 5.99. The molecular formula is C27H25FN8O2. The lowest BCUT2D eigenvalue weighted by Crippen LogP contribution is -2.48. The maximum absolute atomic E-state index is 15.1. The van der Waals surface area contributed by atoms with Crippen molar-refractivity contribution < 1.29 is 13.9 Å². The van der Waals surface area contributed by atoms with Crippen LogP contribution in [0.5, 0.6) is 11.8 Å². The van der Waals surface area contributed by atoms with Crippen LogP contribution in [0.15, 0.2) is 73.8 Å². The van der Waals surface area contributed by atoms with Gasteiger partial charge in [-0.2, -0.15) is 4.98 Å². The van der Waals surface area contributed by atoms with E-state index in [0.29, 0.717) is 54.8 Å². The Hall–Kier alpha value is -4.93. The number of hydrogen-bond donors (Lipinski definition) is 1. The van der Waals surface area contributed by atoms with Crippen molar-refractivity contribution in [1.29, 1.82) is 0 Å². The topological polar surface area (TPSA) is 109 Å². The van der Waals surface area contributed by atoms with Crippen molar-refractivity contribution >= 4 is 23.4 Å². The molecule has 192 valence electrons. The van der Waals surface area contributed by atoms with Gasteiger partial charge in [-0.05, 0) is 48.9 Å². The molecule has 0 saturated carbocycles. The number of pyridine rings is 1. The molecule has 0 radical (unpaired) electrons. The quantitative estimate of drug-likeness (QED) is 0.365. The first kappa shape index (κ1) is 24.8. The third-order valence-corrected chi connectivity index (χ3v) is 5.99. The second kappa shape index (κ2) is 11.0. The predicted molar refractivity (Wildman–Crippen MR) is 141 cm³/mol. The third kappa shape index (κ3) is 5.56. The molecule has 0 atom stereocenters. The van der Waals surface area contributed by atoms with Gasteiger partial charge in [0.1, 0.15) is 5.82 Å². The molecule has 1 aromatic carbocycles. The van der Waals surface area contributed by atoms with Crippen LogP contribution in [0.25, 0.3) is 11.1 Å². The van der Waals surface area contributed by atoms with E-state index in [1.807, 2.05) is 12.1 Å². The summed E-state index contributed by atoms with van der Waals surface area (Å²) in [7, 11) is 0. The summed E-state index contributed by atoms with van der Waals surface area (Å²) in [4.78, 5) is 37.3. The van der Waals surface area contributed by atoms with Gasteiger partial charge in [-0.1, -0.05) is 12.6 Å². The zero-order valence-electron chi connectivity index (χ0n) is 20.7. The van der Waals surface area contributed by atoms with E-state index in [2.05, 4.69) is 36.7 Å². The number of nitrogens with zero attached hydrogens (tertiary/aromatic N) is 7. The van der Waals surface area contributed by atoms with Crippen LogP contribution in [0.4, 0.5) is 21.8 Å². The first-order valence-corrected chi connectivity index (χ1v) is 12.0. The highest BCUT2D eigenvalue weighted by Crippen LogP contribution is 2.34. The Balaban J connectivity index is 1.46. The predicted octanol–water partition coefficient (Wildman–Crippen LogP) is 4.15. The molecule has 0 bridgehead atoms. The molecule has 10 nitrogen and oxygen atoms in total. The number of nitrogens with one attached hydrogen (secondary N) is 1. The number of halogens is 1. The van der Waals surface area contributed by atoms with E-state index in [1.165, 1.54) is 18.2 Å². The van der Waals surface area contributed by atoms with E-state index in [9.17, 15) is 4.79 Å². The zero-order valence-corrected chi connectivity index (χ0v) is 20.7. The number of piperazine rings is 1. The summed E-state index contributed by atoms with van der Waals surface area (Å²) >= 11 is 0. The van der Waals surface area contributed by atoms with Gasteiger partial charge in [-0.25, -0.2) is 19.3 Å². The monoisotopic (exact) mass is 512 g/mol. The molecule has 1 fully saturated rings. The van der Waals surface area contributed by atoms with Gasteiger partial charge in [0.2, 0.25) is 11.9 Å². The van der Waals surface area contributed by atoms with Crippen molar-refractivity contribution in [2.75, 3.05) is 36.4 Å². The molecule has 0 spiro atoms. The minimum absolute atomic E-state index is 0.00865. The van der Waals surface area contributed by atoms with Gasteiger partial charge < -0.3 is 19.9 Å². The van der Waals surface area contributed by atoms with Crippen LogP contribution in [0.3, 0.4) is 0 Å². The fraction of sp³-hybridized carbons (Fsp3) is 0.185. The number of benzene rings is 1. The molecule has 0 aliphatic carbocycles. The number of aryl methyl sites for hydroxylation is 1. The molecule has 1 aliphatic rings. The average molecular weight is 513 g/mol. The van der Waals surface area contributed by atoms with E-state index in [1.54, 1.807) is 48.7 Å². The summed E-state index contributed by atoms with van der Waals surface area (Å²) in [6, 6.07) is 10.1. The molecule has 4 heterocycles. The number of carbonyl (C=O) groups excluding carboxylic acids is 1. The lowest BCUT2D eigenvalue weighted by molar-refractivity contribution is -0.126. The summed E-state index contributed by atoms with van der Waals surface area (Å²) in [6.07, 6.45) is 7.86. The first-order chi connectivity index (χ1) is 18.5. The second-order valence-electron chi connectivity index (χ2n) is 8.54. The minimum atomic E-state index is -0.570. The molecule has 1 amide bonds. The van der Waals surface area contributed by atoms with Crippen molar-refractivity contribution in [3.8, 4) is 22.9 Å². The molecule has 5 rings (SSSR count). The highest BCUT2D eigenvalue weighted by Gasteiger charge is 2.24. The first-order valence-electron chi connectivity index (χ1n) is 12.0. The van der Waals surface area contributed by atoms with Gasteiger partial charge in [0, 0.05) is 67.9 Å². The Kier molecular flexibility index (Phi) is 7.16. The number of amides is 1. The van der Waals surface area contributed by atoms with Crippen LogP contribution in [0.1, 0.15) is 5.69 Å². The highest BCUT2D eigenvalue weighted by atomic mass is 19.1. The Labute approximate surface area is 218 Å². The van der Waals surface area contributed by atoms with E-state index in [0.717, 1.165) is 5.69 Å². The fourth-order valence-electron chi connectivity index (χ4n) is 4.03. The van der Waals surface area contributed by atoms with Gasteiger partial charge in [-0.15, -0.1) is 0 Å². The van der Waals surface area contributed by atoms with E-state index in [4.69, 9.17) is 9.72 Å². The van der Waals surface area contributed by atoms with E-state index < -0.39 is 5.82 Å². The molecule has 3 aromatic heterocycles. The van der Waals surface area contributed by atoms with Crippen LogP contribution in [-0.4, -0.2) is 61.9 Å². The number of ether oxygens (including phenoxy) is 1. The number of hydrogen-bond acceptors (Lipinski definition) is 9. The van der Waals surface area contributed by atoms with Crippen LogP contribution in [-0.2, 0) is 4.79 Å². The van der Waals surface area contributed by atoms with E-state index >= 15 is 4.39 Å². The van der Waals surface area contributed by atoms with Crippen molar-refractivity contribution in [2.45, 2.75) is 6.92 Å². The number of aromatic nitrogens is 5. The maximum atomic E-state index is 15.1. The van der Waals surface area contributed by atoms with Crippen LogP contribution < -0.4 is 15.0 Å². The van der Waals surface area contributed by atoms with Gasteiger partial charge in [0.25, 0.3) is 0 Å². The Morgan fingerprint density at radius 3 is 2.55 bits per heavy atom. The number of carbonyl (C=O) groups is 1. The molecule has 11 heteroatoms. The molecule has 1 N–H and O–H groups in total. The number of rotatable bonds is 7. The summed E-state index contributed by atoms with van der Waals surface area (Å²) in [5.41, 5.74) is 2.72. The SMILES string of the molecule is C=CC(=O)N1CCN(c2nc(Nc3ccncc3)ncc2-c2ccc(Oc3nccc(C)n3)c(F)c2)CC1. The number of anilines is 3. The fourth-order valence-corrected chi connectivity index (χ4v) is 4.03. The minimum Gasteiger partial charge on any atom is -0.421 e. The van der Waals surface area contributed by atoms with Crippen LogP contribution in [0, 0.1) is 12.7 Å². The van der Waals surface area contributed by atoms with Crippen molar-refractivity contribution in [3.05, 3.63) is 85.4 Å². The molecule has 4 aromatic rings. The second-order valence-corrected chi connectivity index (χ2v) is 8.54. The summed E-state index contributed by atoms with van der Waals surface area (Å²) < 4.78 is 20.7. The van der Waals surface area contributed by atoms with Crippen LogP contribution in [0.2, 0.25) is 0 Å². The van der Waals surface area contributed by atoms with Crippen LogP contribution >= 0.6 is 0 Å². The molecule has 0 unspecified atom stereocenters. The average Bonchev–Trinajstić information content (AvgIpc) is 2.94. The summed E-state index contributed by atoms with van der Waals surface area (Å²) in [5, 5.41) is 3.18. The lowest BCUT2D eigenvalue weighted by atomic mass is 10.1. The Bertz CT molecular complexity index is 1460. The van der Waals surface area contributed by atoms with Crippen molar-refractivity contribution in [2.24, 2.45) is 0 Å². The van der Waals surface area contributed by atoms with Crippen molar-refractivity contribution in [3.63, 3.8) is 0 Å². The lowest BCUT2D eigenvalue weighted by Gasteiger charge is -2.35. The molecular weight excluding hydrogens is 487 g/mol. The Morgan fingerprint density at radius 1 is 1.05 bits per heavy atom. The maximum Gasteiger partial charge on any atom is 0.322 e. The van der Waals surface area contributed by atoms with Gasteiger partial charge in [-0.3, -0.25) is 9.78 Å². The standard InChI is InChI=1S/C27H25FN8O2/c1-3-24(37)35-12-14-36(15-13-35)25-21(17-31-26(34-25)33-20-7-9-29-10-8-20)19-4-5-23(22(28)16-19)38-27-30-11-6-18(2)32-27/h3-11,16-17H,1,12-15H2,2H3,(H,29,31,33,34). The normalized spacial score (nSPS) is 13.2. The molecule has 38 heavy (non-hydrogen) atoms. The van der Waals surface area contributed by atoms with Gasteiger partial charge >= 0.3 is 6.01 Å². The largest absolute Gasteiger partial charge is 0.421 e. The highest BCUT2D eigenvalue weighted by molar-refractivity contribution is 5.87. The van der Waals surface area contributed by atoms with E-state index in [-0.39, 0.29) is 17.7 Å². The van der Waals surface area contributed by atoms with Crippen molar-refractivity contribution in [1.82, 2.24) is 29.8 Å². The molecule has 1 aliphatic heterocycles. The van der Waals surface area contributed by atoms with Gasteiger partial charge in [0.15, 0.2) is 11.6 Å². The zero-order chi connectivity index (χ0) is 26.5. The summed E-state index contributed by atoms with van der Waals surface area (Å²) in [6.45, 7) is 7.50. The smallest absolute Gasteiger partial charge is 0.322 e. The van der Waals surface area contributed by atoms with Gasteiger partial charge in [0.05, 0.1) is 0 Å². The molecule has 1 saturated heterocycles. The Morgan fingerprint density at radius 2 is 1.84 bits per heavy atom. The summed E-state index contributed by atoms with van der Waals surface area (Å²) in [5.74, 6) is 0.338.